The molecule has 1 heterocycles. The fraction of sp³-hybridized carbons (Fsp3) is 0.944. The molecule has 0 aromatic rings. The van der Waals surface area contributed by atoms with Gasteiger partial charge in [-0.3, -0.25) is 5.32 Å². The minimum absolute atomic E-state index is 0.263. The molecule has 0 bridgehead atoms. The van der Waals surface area contributed by atoms with Crippen molar-refractivity contribution in [3.63, 3.8) is 0 Å². The molecule has 1 aliphatic heterocycles. The van der Waals surface area contributed by atoms with Gasteiger partial charge in [0.1, 0.15) is 5.54 Å². The zero-order chi connectivity index (χ0) is 14.9. The Hall–Kier alpha value is -0.590. The maximum atomic E-state index is 9.62. The molecule has 118 valence electrons. The highest BCUT2D eigenvalue weighted by Crippen LogP contribution is 2.47. The number of rotatable bonds is 3. The van der Waals surface area contributed by atoms with Gasteiger partial charge >= 0.3 is 0 Å². The highest BCUT2D eigenvalue weighted by Gasteiger charge is 2.44. The van der Waals surface area contributed by atoms with Crippen molar-refractivity contribution in [3.8, 4) is 6.07 Å². The molecule has 3 fully saturated rings. The highest BCUT2D eigenvalue weighted by molar-refractivity contribution is 5.14. The van der Waals surface area contributed by atoms with Crippen LogP contribution in [0.4, 0.5) is 0 Å². The molecule has 2 atom stereocenters. The van der Waals surface area contributed by atoms with Crippen molar-refractivity contribution >= 4 is 0 Å². The highest BCUT2D eigenvalue weighted by atomic mass is 15.2. The number of hydrogen-bond donors (Lipinski definition) is 1. The second-order valence-electron chi connectivity index (χ2n) is 8.13. The van der Waals surface area contributed by atoms with E-state index in [1.54, 1.807) is 0 Å². The maximum absolute atomic E-state index is 9.62. The predicted molar refractivity (Wildman–Crippen MR) is 86.0 cm³/mol. The van der Waals surface area contributed by atoms with Crippen LogP contribution in [-0.4, -0.2) is 35.6 Å². The van der Waals surface area contributed by atoms with Crippen LogP contribution in [-0.2, 0) is 0 Å². The number of nitrogens with one attached hydrogen (secondary N) is 1. The summed E-state index contributed by atoms with van der Waals surface area (Å²) >= 11 is 0. The molecule has 0 aromatic heterocycles. The Bertz CT molecular complexity index is 395. The molecule has 3 nitrogen and oxygen atoms in total. The first-order valence-corrected chi connectivity index (χ1v) is 9.00. The summed E-state index contributed by atoms with van der Waals surface area (Å²) in [4.78, 5) is 2.70. The molecule has 21 heavy (non-hydrogen) atoms. The molecule has 0 radical (unpaired) electrons. The largest absolute Gasteiger partial charge is 0.300 e. The Kier molecular flexibility index (Phi) is 4.30. The number of nitrogens with zero attached hydrogens (tertiary/aromatic N) is 2. The Balaban J connectivity index is 1.56. The summed E-state index contributed by atoms with van der Waals surface area (Å²) in [5, 5.41) is 13.2. The lowest BCUT2D eigenvalue weighted by Crippen LogP contribution is -2.48. The van der Waals surface area contributed by atoms with Crippen LogP contribution in [0.25, 0.3) is 0 Å². The zero-order valence-electron chi connectivity index (χ0n) is 13.8. The van der Waals surface area contributed by atoms with Crippen molar-refractivity contribution in [2.75, 3.05) is 13.1 Å². The Morgan fingerprint density at radius 3 is 2.33 bits per heavy atom. The minimum Gasteiger partial charge on any atom is -0.300 e. The van der Waals surface area contributed by atoms with E-state index in [-0.39, 0.29) is 5.54 Å². The van der Waals surface area contributed by atoms with E-state index >= 15 is 0 Å². The summed E-state index contributed by atoms with van der Waals surface area (Å²) < 4.78 is 0. The van der Waals surface area contributed by atoms with Gasteiger partial charge in [0, 0.05) is 12.1 Å². The van der Waals surface area contributed by atoms with Crippen LogP contribution in [0.3, 0.4) is 0 Å². The molecule has 0 aromatic carbocycles. The third-order valence-electron chi connectivity index (χ3n) is 6.31. The van der Waals surface area contributed by atoms with Gasteiger partial charge in [-0.2, -0.15) is 5.26 Å². The van der Waals surface area contributed by atoms with Crippen LogP contribution in [0, 0.1) is 16.7 Å². The van der Waals surface area contributed by atoms with Crippen LogP contribution in [0.15, 0.2) is 0 Å². The third-order valence-corrected chi connectivity index (χ3v) is 6.31. The molecule has 3 heteroatoms. The normalized spacial score (nSPS) is 36.4. The van der Waals surface area contributed by atoms with Gasteiger partial charge in [0.15, 0.2) is 0 Å². The van der Waals surface area contributed by atoms with Crippen LogP contribution < -0.4 is 5.32 Å². The lowest BCUT2D eigenvalue weighted by molar-refractivity contribution is 0.0757. The van der Waals surface area contributed by atoms with Crippen LogP contribution >= 0.6 is 0 Å². The molecule has 0 amide bonds. The third kappa shape index (κ3) is 3.12. The van der Waals surface area contributed by atoms with Crippen LogP contribution in [0.2, 0.25) is 0 Å². The first kappa shape index (κ1) is 15.3. The first-order chi connectivity index (χ1) is 10.1. The summed E-state index contributed by atoms with van der Waals surface area (Å²) in [5.41, 5.74) is 0.443. The van der Waals surface area contributed by atoms with Gasteiger partial charge in [0.05, 0.1) is 6.07 Å². The van der Waals surface area contributed by atoms with Crippen LogP contribution in [0.5, 0.6) is 0 Å². The Morgan fingerprint density at radius 2 is 1.76 bits per heavy atom. The molecule has 3 aliphatic rings. The van der Waals surface area contributed by atoms with Crippen molar-refractivity contribution < 1.29 is 0 Å². The van der Waals surface area contributed by atoms with Crippen molar-refractivity contribution in [3.05, 3.63) is 0 Å². The van der Waals surface area contributed by atoms with E-state index in [1.807, 2.05) is 0 Å². The average Bonchev–Trinajstić information content (AvgIpc) is 3.08. The van der Waals surface area contributed by atoms with E-state index in [0.29, 0.717) is 17.5 Å². The molecule has 1 spiro atoms. The van der Waals surface area contributed by atoms with Gasteiger partial charge < -0.3 is 4.90 Å². The fourth-order valence-electron chi connectivity index (χ4n) is 5.14. The second-order valence-corrected chi connectivity index (χ2v) is 8.13. The molecular formula is C18H31N3. The maximum Gasteiger partial charge on any atom is 0.108 e. The first-order valence-electron chi connectivity index (χ1n) is 9.00. The second kappa shape index (κ2) is 5.89. The van der Waals surface area contributed by atoms with Gasteiger partial charge in [-0.1, -0.05) is 12.8 Å². The topological polar surface area (TPSA) is 39.1 Å². The molecule has 2 aliphatic carbocycles. The molecule has 1 saturated heterocycles. The van der Waals surface area contributed by atoms with E-state index in [0.717, 1.165) is 12.8 Å². The number of hydrogen-bond acceptors (Lipinski definition) is 3. The van der Waals surface area contributed by atoms with Crippen LogP contribution in [0.1, 0.15) is 71.6 Å². The monoisotopic (exact) mass is 289 g/mol. The van der Waals surface area contributed by atoms with E-state index < -0.39 is 0 Å². The van der Waals surface area contributed by atoms with Gasteiger partial charge in [-0.25, -0.2) is 0 Å². The van der Waals surface area contributed by atoms with Crippen molar-refractivity contribution in [2.45, 2.75) is 89.3 Å². The fourth-order valence-corrected chi connectivity index (χ4v) is 5.14. The summed E-state index contributed by atoms with van der Waals surface area (Å²) in [6.07, 6.45) is 11.9. The number of likely N-dealkylation sites (tertiary alicyclic amines) is 1. The van der Waals surface area contributed by atoms with Gasteiger partial charge in [-0.05, 0) is 77.3 Å². The summed E-state index contributed by atoms with van der Waals surface area (Å²) in [5.74, 6) is 0. The minimum atomic E-state index is -0.263. The van der Waals surface area contributed by atoms with Gasteiger partial charge in [0.2, 0.25) is 0 Å². The molecular weight excluding hydrogens is 258 g/mol. The standard InChI is InChI=1S/C18H31N3/c1-15(2)20-18(14-19)8-5-16(13-18)21-11-9-17(10-12-21)6-3-4-7-17/h15-16,20H,3-13H2,1-2H3. The zero-order valence-corrected chi connectivity index (χ0v) is 13.8. The predicted octanol–water partition coefficient (Wildman–Crippen LogP) is 3.46. The quantitative estimate of drug-likeness (QED) is 0.865. The van der Waals surface area contributed by atoms with Crippen molar-refractivity contribution in [1.82, 2.24) is 10.2 Å². The summed E-state index contributed by atoms with van der Waals surface area (Å²) in [6, 6.07) is 3.62. The van der Waals surface area contributed by atoms with E-state index in [9.17, 15) is 5.26 Å². The van der Waals surface area contributed by atoms with Gasteiger partial charge in [0.25, 0.3) is 0 Å². The Morgan fingerprint density at radius 1 is 1.10 bits per heavy atom. The molecule has 3 rings (SSSR count). The lowest BCUT2D eigenvalue weighted by atomic mass is 9.76. The summed E-state index contributed by atoms with van der Waals surface area (Å²) in [6.45, 7) is 6.84. The van der Waals surface area contributed by atoms with Crippen molar-refractivity contribution in [1.29, 1.82) is 5.26 Å². The lowest BCUT2D eigenvalue weighted by Gasteiger charge is -2.42. The molecule has 1 N–H and O–H groups in total. The summed E-state index contributed by atoms with van der Waals surface area (Å²) in [7, 11) is 0. The van der Waals surface area contributed by atoms with E-state index in [2.05, 4.69) is 30.1 Å². The molecule has 2 saturated carbocycles. The number of piperidine rings is 1. The SMILES string of the molecule is CC(C)NC1(C#N)CCC(N2CCC3(CCCC3)CC2)C1. The number of nitriles is 1. The average molecular weight is 289 g/mol. The molecule has 2 unspecified atom stereocenters. The van der Waals surface area contributed by atoms with E-state index in [4.69, 9.17) is 0 Å². The Labute approximate surface area is 130 Å². The smallest absolute Gasteiger partial charge is 0.108 e. The van der Waals surface area contributed by atoms with E-state index in [1.165, 1.54) is 58.0 Å². The van der Waals surface area contributed by atoms with Crippen molar-refractivity contribution in [2.24, 2.45) is 5.41 Å². The van der Waals surface area contributed by atoms with Gasteiger partial charge in [-0.15, -0.1) is 0 Å².